The van der Waals surface area contributed by atoms with Crippen LogP contribution in [-0.2, 0) is 9.53 Å². The summed E-state index contributed by atoms with van der Waals surface area (Å²) in [5.74, 6) is 0.824. The molecule has 0 aliphatic carbocycles. The SMILES string of the molecule is CCOC(=O)CCCCCCN(c1ccccn1)c1nc2ccccc2s1. The highest BCUT2D eigenvalue weighted by Crippen LogP contribution is 2.32. The van der Waals surface area contributed by atoms with Crippen LogP contribution >= 0.6 is 11.3 Å². The molecule has 6 heteroatoms. The third-order valence-corrected chi connectivity index (χ3v) is 5.32. The lowest BCUT2D eigenvalue weighted by molar-refractivity contribution is -0.143. The van der Waals surface area contributed by atoms with Crippen LogP contribution in [0.15, 0.2) is 48.7 Å². The molecule has 0 bridgehead atoms. The van der Waals surface area contributed by atoms with Gasteiger partial charge in [-0.2, -0.15) is 0 Å². The Balaban J connectivity index is 1.59. The molecule has 142 valence electrons. The number of hydrogen-bond acceptors (Lipinski definition) is 6. The van der Waals surface area contributed by atoms with Crippen LogP contribution in [-0.4, -0.2) is 29.1 Å². The number of rotatable bonds is 10. The Morgan fingerprint density at radius 1 is 1.07 bits per heavy atom. The quantitative estimate of drug-likeness (QED) is 0.349. The molecule has 0 atom stereocenters. The number of ether oxygens (including phenoxy) is 1. The predicted octanol–water partition coefficient (Wildman–Crippen LogP) is 5.34. The van der Waals surface area contributed by atoms with E-state index in [9.17, 15) is 4.79 Å². The normalized spacial score (nSPS) is 10.9. The zero-order valence-corrected chi connectivity index (χ0v) is 16.5. The van der Waals surface area contributed by atoms with Crippen molar-refractivity contribution in [3.63, 3.8) is 0 Å². The molecule has 1 aromatic carbocycles. The van der Waals surface area contributed by atoms with Crippen molar-refractivity contribution in [3.8, 4) is 0 Å². The first-order valence-electron chi connectivity index (χ1n) is 9.47. The topological polar surface area (TPSA) is 55.3 Å². The van der Waals surface area contributed by atoms with E-state index in [2.05, 4.69) is 16.0 Å². The van der Waals surface area contributed by atoms with Crippen molar-refractivity contribution in [1.29, 1.82) is 0 Å². The maximum absolute atomic E-state index is 11.4. The van der Waals surface area contributed by atoms with E-state index in [4.69, 9.17) is 9.72 Å². The summed E-state index contributed by atoms with van der Waals surface area (Å²) in [5, 5.41) is 0.974. The number of pyridine rings is 1. The van der Waals surface area contributed by atoms with Crippen LogP contribution < -0.4 is 4.90 Å². The molecule has 2 aromatic heterocycles. The first-order valence-corrected chi connectivity index (χ1v) is 10.3. The van der Waals surface area contributed by atoms with Crippen molar-refractivity contribution in [2.75, 3.05) is 18.1 Å². The summed E-state index contributed by atoms with van der Waals surface area (Å²) >= 11 is 1.69. The Labute approximate surface area is 164 Å². The van der Waals surface area contributed by atoms with Crippen molar-refractivity contribution < 1.29 is 9.53 Å². The van der Waals surface area contributed by atoms with Gasteiger partial charge in [0, 0.05) is 19.2 Å². The van der Waals surface area contributed by atoms with Crippen LogP contribution in [0.5, 0.6) is 0 Å². The summed E-state index contributed by atoms with van der Waals surface area (Å²) in [6.07, 6.45) is 6.31. The molecule has 0 aliphatic rings. The number of hydrogen-bond donors (Lipinski definition) is 0. The number of nitrogens with zero attached hydrogens (tertiary/aromatic N) is 3. The van der Waals surface area contributed by atoms with E-state index in [-0.39, 0.29) is 5.97 Å². The Morgan fingerprint density at radius 3 is 2.67 bits per heavy atom. The van der Waals surface area contributed by atoms with Gasteiger partial charge in [-0.1, -0.05) is 42.4 Å². The number of anilines is 2. The number of para-hydroxylation sites is 1. The number of unbranched alkanes of at least 4 members (excludes halogenated alkanes) is 3. The second-order valence-corrected chi connectivity index (χ2v) is 7.28. The van der Waals surface area contributed by atoms with Crippen LogP contribution in [0.4, 0.5) is 10.9 Å². The lowest BCUT2D eigenvalue weighted by Gasteiger charge is -2.20. The molecule has 0 unspecified atom stereocenters. The molecule has 0 aliphatic heterocycles. The molecule has 27 heavy (non-hydrogen) atoms. The minimum atomic E-state index is -0.0953. The average molecular weight is 384 g/mol. The molecular formula is C21H25N3O2S. The molecule has 0 N–H and O–H groups in total. The average Bonchev–Trinajstić information content (AvgIpc) is 3.12. The van der Waals surface area contributed by atoms with Gasteiger partial charge in [0.25, 0.3) is 0 Å². The molecule has 5 nitrogen and oxygen atoms in total. The molecule has 0 spiro atoms. The highest BCUT2D eigenvalue weighted by Gasteiger charge is 2.15. The monoisotopic (exact) mass is 383 g/mol. The second-order valence-electron chi connectivity index (χ2n) is 6.27. The zero-order valence-electron chi connectivity index (χ0n) is 15.6. The van der Waals surface area contributed by atoms with Crippen molar-refractivity contribution in [1.82, 2.24) is 9.97 Å². The Morgan fingerprint density at radius 2 is 1.89 bits per heavy atom. The molecule has 0 saturated carbocycles. The molecule has 3 rings (SSSR count). The number of esters is 1. The van der Waals surface area contributed by atoms with Gasteiger partial charge in [0.1, 0.15) is 5.82 Å². The van der Waals surface area contributed by atoms with Gasteiger partial charge in [-0.25, -0.2) is 9.97 Å². The number of thiazole rings is 1. The highest BCUT2D eigenvalue weighted by molar-refractivity contribution is 7.22. The highest BCUT2D eigenvalue weighted by atomic mass is 32.1. The van der Waals surface area contributed by atoms with Crippen LogP contribution in [0, 0.1) is 0 Å². The third kappa shape index (κ3) is 5.50. The van der Waals surface area contributed by atoms with E-state index in [0.29, 0.717) is 13.0 Å². The Bertz CT molecular complexity index is 818. The fraction of sp³-hybridized carbons (Fsp3) is 0.381. The molecule has 0 fully saturated rings. The van der Waals surface area contributed by atoms with E-state index in [1.54, 1.807) is 11.3 Å². The van der Waals surface area contributed by atoms with Crippen molar-refractivity contribution >= 4 is 38.5 Å². The Kier molecular flexibility index (Phi) is 7.16. The largest absolute Gasteiger partial charge is 0.466 e. The zero-order chi connectivity index (χ0) is 18.9. The maximum Gasteiger partial charge on any atom is 0.305 e. The molecule has 0 amide bonds. The van der Waals surface area contributed by atoms with Gasteiger partial charge < -0.3 is 9.64 Å². The van der Waals surface area contributed by atoms with Crippen LogP contribution in [0.2, 0.25) is 0 Å². The van der Waals surface area contributed by atoms with E-state index < -0.39 is 0 Å². The molecule has 0 saturated heterocycles. The number of benzene rings is 1. The molecule has 3 aromatic rings. The van der Waals surface area contributed by atoms with Gasteiger partial charge in [0.15, 0.2) is 5.13 Å². The summed E-state index contributed by atoms with van der Waals surface area (Å²) in [7, 11) is 0. The predicted molar refractivity (Wildman–Crippen MR) is 111 cm³/mol. The number of carbonyl (C=O) groups excluding carboxylic acids is 1. The molecular weight excluding hydrogens is 358 g/mol. The summed E-state index contributed by atoms with van der Waals surface area (Å²) < 4.78 is 6.15. The van der Waals surface area contributed by atoms with E-state index in [0.717, 1.165) is 48.7 Å². The van der Waals surface area contributed by atoms with Gasteiger partial charge in [0.05, 0.1) is 16.8 Å². The van der Waals surface area contributed by atoms with Gasteiger partial charge in [-0.3, -0.25) is 4.79 Å². The molecule has 2 heterocycles. The van der Waals surface area contributed by atoms with Crippen molar-refractivity contribution in [3.05, 3.63) is 48.7 Å². The summed E-state index contributed by atoms with van der Waals surface area (Å²) in [6.45, 7) is 3.16. The fourth-order valence-corrected chi connectivity index (χ4v) is 3.92. The first kappa shape index (κ1) is 19.3. The first-order chi connectivity index (χ1) is 13.3. The summed E-state index contributed by atoms with van der Waals surface area (Å²) in [5.41, 5.74) is 1.02. The van der Waals surface area contributed by atoms with E-state index in [1.165, 1.54) is 4.70 Å². The van der Waals surface area contributed by atoms with Gasteiger partial charge >= 0.3 is 5.97 Å². The minimum Gasteiger partial charge on any atom is -0.466 e. The molecule has 0 radical (unpaired) electrons. The van der Waals surface area contributed by atoms with Gasteiger partial charge in [0.2, 0.25) is 0 Å². The lowest BCUT2D eigenvalue weighted by atomic mass is 10.1. The van der Waals surface area contributed by atoms with Crippen LogP contribution in [0.1, 0.15) is 39.0 Å². The number of fused-ring (bicyclic) bond motifs is 1. The lowest BCUT2D eigenvalue weighted by Crippen LogP contribution is -2.19. The van der Waals surface area contributed by atoms with Crippen molar-refractivity contribution in [2.24, 2.45) is 0 Å². The van der Waals surface area contributed by atoms with E-state index in [1.807, 2.05) is 49.5 Å². The number of aromatic nitrogens is 2. The van der Waals surface area contributed by atoms with Crippen LogP contribution in [0.25, 0.3) is 10.2 Å². The van der Waals surface area contributed by atoms with Gasteiger partial charge in [-0.15, -0.1) is 0 Å². The van der Waals surface area contributed by atoms with Gasteiger partial charge in [-0.05, 0) is 44.0 Å². The fourth-order valence-electron chi connectivity index (χ4n) is 2.92. The standard InChI is InChI=1S/C21H25N3O2S/c1-2-26-20(25)14-5-3-4-10-16-24(19-13-8-9-15-22-19)21-23-17-11-6-7-12-18(17)27-21/h6-9,11-13,15H,2-5,10,14,16H2,1H3. The summed E-state index contributed by atoms with van der Waals surface area (Å²) in [4.78, 5) is 22.9. The second kappa shape index (κ2) is 10.0. The number of carbonyl (C=O) groups is 1. The maximum atomic E-state index is 11.4. The van der Waals surface area contributed by atoms with Crippen LogP contribution in [0.3, 0.4) is 0 Å². The smallest absolute Gasteiger partial charge is 0.305 e. The van der Waals surface area contributed by atoms with Crippen molar-refractivity contribution in [2.45, 2.75) is 39.0 Å². The minimum absolute atomic E-state index is 0.0953. The van der Waals surface area contributed by atoms with E-state index >= 15 is 0 Å². The summed E-state index contributed by atoms with van der Waals surface area (Å²) in [6, 6.07) is 14.1. The Hall–Kier alpha value is -2.47. The third-order valence-electron chi connectivity index (χ3n) is 4.26.